The van der Waals surface area contributed by atoms with E-state index in [4.69, 9.17) is 4.98 Å². The van der Waals surface area contributed by atoms with Gasteiger partial charge in [-0.2, -0.15) is 0 Å². The second kappa shape index (κ2) is 5.57. The zero-order valence-corrected chi connectivity index (χ0v) is 12.8. The van der Waals surface area contributed by atoms with Gasteiger partial charge in [0.25, 0.3) is 0 Å². The minimum Gasteiger partial charge on any atom is -0.330 e. The Morgan fingerprint density at radius 2 is 1.90 bits per heavy atom. The van der Waals surface area contributed by atoms with Crippen molar-refractivity contribution < 1.29 is 0 Å². The van der Waals surface area contributed by atoms with Crippen molar-refractivity contribution in [3.63, 3.8) is 0 Å². The summed E-state index contributed by atoms with van der Waals surface area (Å²) in [6.45, 7) is 4.56. The van der Waals surface area contributed by atoms with Crippen LogP contribution in [0, 0.1) is 5.92 Å². The maximum atomic E-state index is 4.79. The highest BCUT2D eigenvalue weighted by atomic mass is 15.1. The van der Waals surface area contributed by atoms with E-state index in [2.05, 4.69) is 55.0 Å². The molecule has 0 saturated heterocycles. The van der Waals surface area contributed by atoms with Crippen LogP contribution in [0.3, 0.4) is 0 Å². The van der Waals surface area contributed by atoms with Crippen LogP contribution in [0.5, 0.6) is 0 Å². The van der Waals surface area contributed by atoms with Gasteiger partial charge in [0.1, 0.15) is 5.82 Å². The molecule has 1 saturated carbocycles. The molecule has 0 amide bonds. The molecule has 0 bridgehead atoms. The predicted molar refractivity (Wildman–Crippen MR) is 83.7 cm³/mol. The molecule has 1 aromatic carbocycles. The second-order valence-electron chi connectivity index (χ2n) is 6.24. The number of hydrogen-bond donors (Lipinski definition) is 1. The van der Waals surface area contributed by atoms with Crippen molar-refractivity contribution in [2.45, 2.75) is 51.6 Å². The third-order valence-corrected chi connectivity index (χ3v) is 4.83. The number of nitrogens with one attached hydrogen (secondary N) is 1. The minimum absolute atomic E-state index is 0.294. The second-order valence-corrected chi connectivity index (χ2v) is 6.24. The fraction of sp³-hybridized carbons (Fsp3) is 0.588. The van der Waals surface area contributed by atoms with E-state index >= 15 is 0 Å². The summed E-state index contributed by atoms with van der Waals surface area (Å²) in [7, 11) is 2.11. The highest BCUT2D eigenvalue weighted by Gasteiger charge is 2.24. The zero-order valence-electron chi connectivity index (χ0n) is 12.8. The molecule has 3 heteroatoms. The molecule has 3 rings (SSSR count). The number of aryl methyl sites for hydroxylation is 1. The summed E-state index contributed by atoms with van der Waals surface area (Å²) in [5.74, 6) is 1.98. The van der Waals surface area contributed by atoms with Crippen molar-refractivity contribution in [3.05, 3.63) is 30.1 Å². The summed E-state index contributed by atoms with van der Waals surface area (Å²) in [5.41, 5.74) is 2.30. The fourth-order valence-corrected chi connectivity index (χ4v) is 3.61. The molecule has 1 heterocycles. The van der Waals surface area contributed by atoms with Crippen molar-refractivity contribution in [2.24, 2.45) is 13.0 Å². The van der Waals surface area contributed by atoms with Crippen LogP contribution >= 0.6 is 0 Å². The van der Waals surface area contributed by atoms with Gasteiger partial charge >= 0.3 is 0 Å². The molecular weight excluding hydrogens is 246 g/mol. The number of aromatic nitrogens is 2. The van der Waals surface area contributed by atoms with E-state index in [-0.39, 0.29) is 0 Å². The average molecular weight is 271 g/mol. The van der Waals surface area contributed by atoms with Gasteiger partial charge in [-0.25, -0.2) is 4.98 Å². The summed E-state index contributed by atoms with van der Waals surface area (Å²) in [6, 6.07) is 9.23. The fourth-order valence-electron chi connectivity index (χ4n) is 3.61. The van der Waals surface area contributed by atoms with Crippen molar-refractivity contribution in [1.29, 1.82) is 0 Å². The van der Waals surface area contributed by atoms with Gasteiger partial charge in [0, 0.05) is 13.1 Å². The Bertz CT molecular complexity index is 581. The first-order chi connectivity index (χ1) is 9.66. The van der Waals surface area contributed by atoms with Crippen LogP contribution in [0.15, 0.2) is 24.3 Å². The highest BCUT2D eigenvalue weighted by Crippen LogP contribution is 2.29. The molecule has 1 fully saturated rings. The van der Waals surface area contributed by atoms with Gasteiger partial charge in [0.05, 0.1) is 17.1 Å². The van der Waals surface area contributed by atoms with E-state index in [1.165, 1.54) is 31.2 Å². The summed E-state index contributed by atoms with van der Waals surface area (Å²) in [4.78, 5) is 4.79. The Labute approximate surface area is 121 Å². The van der Waals surface area contributed by atoms with Crippen molar-refractivity contribution in [1.82, 2.24) is 14.9 Å². The average Bonchev–Trinajstić information content (AvgIpc) is 3.07. The van der Waals surface area contributed by atoms with Gasteiger partial charge in [0.2, 0.25) is 0 Å². The van der Waals surface area contributed by atoms with Crippen LogP contribution in [-0.2, 0) is 7.05 Å². The smallest absolute Gasteiger partial charge is 0.126 e. The first-order valence-electron chi connectivity index (χ1n) is 7.84. The minimum atomic E-state index is 0.294. The van der Waals surface area contributed by atoms with E-state index in [0.717, 1.165) is 17.3 Å². The first-order valence-corrected chi connectivity index (χ1v) is 7.84. The third kappa shape index (κ3) is 2.47. The number of fused-ring (bicyclic) bond motifs is 1. The molecule has 108 valence electrons. The first kappa shape index (κ1) is 13.6. The summed E-state index contributed by atoms with van der Waals surface area (Å²) < 4.78 is 2.22. The standard InChI is InChI=1S/C17H25N3/c1-12(14-8-4-5-9-14)18-13(2)17-19-15-10-6-7-11-16(15)20(17)3/h6-7,10-14,18H,4-5,8-9H2,1-3H3/t12-,13?/m1/s1. The maximum Gasteiger partial charge on any atom is 0.126 e. The SMILES string of the molecule is CC(N[C@H](C)C1CCCC1)c1nc2ccccc2n1C. The van der Waals surface area contributed by atoms with E-state index in [1.54, 1.807) is 0 Å². The zero-order chi connectivity index (χ0) is 14.1. The Kier molecular flexibility index (Phi) is 3.79. The quantitative estimate of drug-likeness (QED) is 0.916. The van der Waals surface area contributed by atoms with Gasteiger partial charge < -0.3 is 9.88 Å². The van der Waals surface area contributed by atoms with E-state index in [9.17, 15) is 0 Å². The maximum absolute atomic E-state index is 4.79. The Morgan fingerprint density at radius 3 is 2.60 bits per heavy atom. The number of para-hydroxylation sites is 2. The number of benzene rings is 1. The van der Waals surface area contributed by atoms with Gasteiger partial charge in [-0.15, -0.1) is 0 Å². The molecule has 1 N–H and O–H groups in total. The molecule has 1 aromatic heterocycles. The lowest BCUT2D eigenvalue weighted by atomic mass is 9.99. The lowest BCUT2D eigenvalue weighted by Crippen LogP contribution is -2.35. The van der Waals surface area contributed by atoms with Gasteiger partial charge in [-0.3, -0.25) is 0 Å². The van der Waals surface area contributed by atoms with Crippen molar-refractivity contribution >= 4 is 11.0 Å². The number of hydrogen-bond acceptors (Lipinski definition) is 2. The molecule has 0 radical (unpaired) electrons. The van der Waals surface area contributed by atoms with E-state index in [1.807, 2.05) is 0 Å². The Morgan fingerprint density at radius 1 is 1.20 bits per heavy atom. The van der Waals surface area contributed by atoms with Crippen LogP contribution in [0.1, 0.15) is 51.4 Å². The molecule has 1 aliphatic carbocycles. The Hall–Kier alpha value is -1.35. The van der Waals surface area contributed by atoms with E-state index < -0.39 is 0 Å². The van der Waals surface area contributed by atoms with Crippen LogP contribution in [0.2, 0.25) is 0 Å². The molecule has 0 aliphatic heterocycles. The van der Waals surface area contributed by atoms with Gasteiger partial charge in [-0.05, 0) is 44.7 Å². The van der Waals surface area contributed by atoms with Gasteiger partial charge in [-0.1, -0.05) is 25.0 Å². The summed E-state index contributed by atoms with van der Waals surface area (Å²) >= 11 is 0. The molecular formula is C17H25N3. The number of rotatable bonds is 4. The molecule has 0 spiro atoms. The highest BCUT2D eigenvalue weighted by molar-refractivity contribution is 5.75. The molecule has 2 aromatic rings. The third-order valence-electron chi connectivity index (χ3n) is 4.83. The monoisotopic (exact) mass is 271 g/mol. The lowest BCUT2D eigenvalue weighted by Gasteiger charge is -2.24. The lowest BCUT2D eigenvalue weighted by molar-refractivity contribution is 0.345. The largest absolute Gasteiger partial charge is 0.330 e. The molecule has 1 unspecified atom stereocenters. The van der Waals surface area contributed by atoms with Crippen molar-refractivity contribution in [3.8, 4) is 0 Å². The molecule has 2 atom stereocenters. The van der Waals surface area contributed by atoms with Crippen molar-refractivity contribution in [2.75, 3.05) is 0 Å². The van der Waals surface area contributed by atoms with E-state index in [0.29, 0.717) is 12.1 Å². The molecule has 1 aliphatic rings. The normalized spacial score (nSPS) is 19.6. The van der Waals surface area contributed by atoms with Crippen LogP contribution in [0.25, 0.3) is 11.0 Å². The van der Waals surface area contributed by atoms with Crippen LogP contribution in [-0.4, -0.2) is 15.6 Å². The molecule has 3 nitrogen and oxygen atoms in total. The van der Waals surface area contributed by atoms with Gasteiger partial charge in [0.15, 0.2) is 0 Å². The van der Waals surface area contributed by atoms with Crippen LogP contribution < -0.4 is 5.32 Å². The molecule has 20 heavy (non-hydrogen) atoms. The topological polar surface area (TPSA) is 29.9 Å². The number of nitrogens with zero attached hydrogens (tertiary/aromatic N) is 2. The summed E-state index contributed by atoms with van der Waals surface area (Å²) in [5, 5.41) is 3.76. The number of imidazole rings is 1. The predicted octanol–water partition coefficient (Wildman–Crippen LogP) is 3.80. The Balaban J connectivity index is 1.78. The van der Waals surface area contributed by atoms with Crippen LogP contribution in [0.4, 0.5) is 0 Å². The summed E-state index contributed by atoms with van der Waals surface area (Å²) in [6.07, 6.45) is 5.56.